The smallest absolute Gasteiger partial charge is 0.410 e. The molecular weight excluding hydrogens is 440 g/mol. The van der Waals surface area contributed by atoms with Crippen molar-refractivity contribution in [1.29, 1.82) is 0 Å². The molecule has 8 heteroatoms. The summed E-state index contributed by atoms with van der Waals surface area (Å²) in [5.41, 5.74) is 0.378. The van der Waals surface area contributed by atoms with E-state index in [1.807, 2.05) is 41.5 Å². The molecule has 2 fully saturated rings. The predicted octanol–water partition coefficient (Wildman–Crippen LogP) is 6.09. The van der Waals surface area contributed by atoms with Gasteiger partial charge in [0.2, 0.25) is 0 Å². The van der Waals surface area contributed by atoms with E-state index in [-0.39, 0.29) is 22.7 Å². The second-order valence-corrected chi connectivity index (χ2v) is 19.7. The van der Waals surface area contributed by atoms with E-state index in [1.54, 1.807) is 4.90 Å². The van der Waals surface area contributed by atoms with Crippen molar-refractivity contribution in [3.8, 4) is 0 Å². The van der Waals surface area contributed by atoms with Crippen molar-refractivity contribution < 1.29 is 18.5 Å². The molecule has 0 bridgehead atoms. The summed E-state index contributed by atoms with van der Waals surface area (Å²) in [6, 6.07) is 0. The normalized spacial score (nSPS) is 24.8. The lowest BCUT2D eigenvalue weighted by atomic mass is 9.76. The summed E-state index contributed by atoms with van der Waals surface area (Å²) in [6.45, 7) is 24.2. The monoisotopic (exact) mass is 486 g/mol. The van der Waals surface area contributed by atoms with Crippen LogP contribution in [0.3, 0.4) is 0 Å². The van der Waals surface area contributed by atoms with Crippen molar-refractivity contribution in [2.75, 3.05) is 13.1 Å². The van der Waals surface area contributed by atoms with Crippen LogP contribution >= 0.6 is 0 Å². The zero-order valence-electron chi connectivity index (χ0n) is 22.3. The maximum absolute atomic E-state index is 12.9. The summed E-state index contributed by atoms with van der Waals surface area (Å²) in [4.78, 5) is 14.4. The van der Waals surface area contributed by atoms with Gasteiger partial charge in [-0.15, -0.1) is 0 Å². The first-order chi connectivity index (χ1) is 14.3. The molecule has 2 aliphatic rings. The molecule has 1 saturated carbocycles. The Morgan fingerprint density at radius 1 is 1.09 bits per heavy atom. The van der Waals surface area contributed by atoms with E-state index in [0.717, 1.165) is 31.4 Å². The van der Waals surface area contributed by atoms with E-state index in [0.29, 0.717) is 13.1 Å². The van der Waals surface area contributed by atoms with Crippen molar-refractivity contribution in [2.24, 2.45) is 9.81 Å². The summed E-state index contributed by atoms with van der Waals surface area (Å²) in [5.74, 6) is 0. The van der Waals surface area contributed by atoms with Gasteiger partial charge in [0.25, 0.3) is 0 Å². The van der Waals surface area contributed by atoms with Crippen molar-refractivity contribution in [2.45, 2.75) is 123 Å². The molecule has 6 nitrogen and oxygen atoms in total. The molecule has 1 aliphatic heterocycles. The molecule has 1 heterocycles. The van der Waals surface area contributed by atoms with Crippen LogP contribution in [0.5, 0.6) is 0 Å². The van der Waals surface area contributed by atoms with Gasteiger partial charge in [-0.1, -0.05) is 25.2 Å². The van der Waals surface area contributed by atoms with Gasteiger partial charge in [0.1, 0.15) is 21.7 Å². The lowest BCUT2D eigenvalue weighted by Gasteiger charge is -2.41. The van der Waals surface area contributed by atoms with E-state index >= 15 is 0 Å². The Labute approximate surface area is 200 Å². The number of piperidine rings is 1. The van der Waals surface area contributed by atoms with Crippen LogP contribution in [0.4, 0.5) is 4.79 Å². The molecule has 1 saturated heterocycles. The Hall–Kier alpha value is -0.573. The van der Waals surface area contributed by atoms with Gasteiger partial charge in [0.15, 0.2) is 8.32 Å². The second-order valence-electron chi connectivity index (χ2n) is 13.1. The van der Waals surface area contributed by atoms with E-state index in [2.05, 4.69) is 33.9 Å². The number of carbonyl (C=O) groups is 1. The summed E-state index contributed by atoms with van der Waals surface area (Å²) in [6.07, 6.45) is 3.09. The average molecular weight is 487 g/mol. The van der Waals surface area contributed by atoms with Gasteiger partial charge >= 0.3 is 6.09 Å². The number of nitrogens with zero attached hydrogens (tertiary/aromatic N) is 2. The molecule has 0 N–H and O–H groups in total. The third kappa shape index (κ3) is 6.73. The summed E-state index contributed by atoms with van der Waals surface area (Å²) in [7, 11) is -1.93. The van der Waals surface area contributed by atoms with Crippen LogP contribution in [0.25, 0.3) is 0 Å². The fourth-order valence-electron chi connectivity index (χ4n) is 4.04. The van der Waals surface area contributed by atoms with Crippen molar-refractivity contribution in [3.05, 3.63) is 0 Å². The first-order valence-electron chi connectivity index (χ1n) is 11.9. The van der Waals surface area contributed by atoms with Crippen LogP contribution < -0.4 is 0 Å². The van der Waals surface area contributed by atoms with Crippen LogP contribution in [-0.2, 0) is 20.5 Å². The van der Waals surface area contributed by atoms with E-state index < -0.39 is 30.0 Å². The van der Waals surface area contributed by atoms with E-state index in [1.165, 1.54) is 0 Å². The predicted molar refractivity (Wildman–Crippen MR) is 136 cm³/mol. The molecular formula is C24H46N2O4SSi. The molecule has 0 radical (unpaired) electrons. The number of rotatable bonds is 3. The van der Waals surface area contributed by atoms with Gasteiger partial charge in [0, 0.05) is 24.9 Å². The van der Waals surface area contributed by atoms with Crippen molar-refractivity contribution in [1.82, 2.24) is 4.90 Å². The maximum Gasteiger partial charge on any atom is 0.410 e. The first-order valence-corrected chi connectivity index (χ1v) is 15.9. The molecule has 0 aromatic carbocycles. The summed E-state index contributed by atoms with van der Waals surface area (Å²) in [5, 5.41) is 0.133. The van der Waals surface area contributed by atoms with Crippen molar-refractivity contribution >= 4 is 31.5 Å². The highest BCUT2D eigenvalue weighted by Gasteiger charge is 2.51. The van der Waals surface area contributed by atoms with Crippen LogP contribution in [0, 0.1) is 5.41 Å². The van der Waals surface area contributed by atoms with Gasteiger partial charge in [0.05, 0.1) is 11.8 Å². The lowest BCUT2D eigenvalue weighted by molar-refractivity contribution is 0.0143. The summed E-state index contributed by atoms with van der Waals surface area (Å²) >= 11 is -1.30. The Morgan fingerprint density at radius 2 is 1.62 bits per heavy atom. The van der Waals surface area contributed by atoms with Crippen LogP contribution in [0.2, 0.25) is 18.1 Å². The second kappa shape index (κ2) is 9.23. The lowest BCUT2D eigenvalue weighted by Crippen LogP contribution is -2.47. The molecule has 0 aromatic rings. The zero-order valence-corrected chi connectivity index (χ0v) is 24.1. The van der Waals surface area contributed by atoms with E-state index in [4.69, 9.17) is 13.6 Å². The number of ether oxygens (including phenoxy) is 1. The minimum absolute atomic E-state index is 0.0969. The van der Waals surface area contributed by atoms with Crippen LogP contribution in [0.1, 0.15) is 88.0 Å². The van der Waals surface area contributed by atoms with Gasteiger partial charge in [-0.2, -0.15) is 0 Å². The SMILES string of the molecule is CC(C)(C)OC(=O)N1CCC2(CC1)C[C@H](O[Si](C)(C)C(C)(C)C)CC2=N[S+]([O-])C(C)(C)C. The maximum atomic E-state index is 12.9. The highest BCUT2D eigenvalue weighted by Crippen LogP contribution is 2.48. The largest absolute Gasteiger partial charge is 0.591 e. The van der Waals surface area contributed by atoms with Gasteiger partial charge in [-0.05, 0) is 78.9 Å². The number of carbonyl (C=O) groups excluding carboxylic acids is 1. The number of amides is 1. The molecule has 1 unspecified atom stereocenters. The van der Waals surface area contributed by atoms with Gasteiger partial charge in [-0.3, -0.25) is 0 Å². The molecule has 0 aromatic heterocycles. The number of likely N-dealkylation sites (tertiary alicyclic amines) is 1. The first kappa shape index (κ1) is 27.7. The van der Waals surface area contributed by atoms with Gasteiger partial charge in [-0.25, -0.2) is 4.79 Å². The van der Waals surface area contributed by atoms with Crippen LogP contribution in [0.15, 0.2) is 4.40 Å². The van der Waals surface area contributed by atoms with Crippen LogP contribution in [-0.4, -0.2) is 59.1 Å². The zero-order chi connectivity index (χ0) is 24.8. The molecule has 1 spiro atoms. The third-order valence-electron chi connectivity index (χ3n) is 7.01. The minimum atomic E-state index is -1.93. The Morgan fingerprint density at radius 3 is 2.06 bits per heavy atom. The Kier molecular flexibility index (Phi) is 7.98. The van der Waals surface area contributed by atoms with E-state index in [9.17, 15) is 9.35 Å². The molecule has 1 amide bonds. The fraction of sp³-hybridized carbons (Fsp3) is 0.917. The standard InChI is InChI=1S/C24H46N2O4SSi/c1-21(2,3)29-20(27)26-14-12-24(13-15-26)17-18(30-32(10,11)23(7,8)9)16-19(24)25-31(28)22(4,5)6/h18H,12-17H2,1-11H3/t18-,31?/m1/s1. The molecule has 1 aliphatic carbocycles. The quantitative estimate of drug-likeness (QED) is 0.357. The Balaban J connectivity index is 2.24. The van der Waals surface area contributed by atoms with Gasteiger partial charge < -0.3 is 18.6 Å². The number of hydrogen-bond acceptors (Lipinski definition) is 5. The molecule has 186 valence electrons. The fourth-order valence-corrected chi connectivity index (χ4v) is 6.14. The highest BCUT2D eigenvalue weighted by molar-refractivity contribution is 7.91. The average Bonchev–Trinajstić information content (AvgIpc) is 2.87. The molecule has 2 rings (SSSR count). The topological polar surface area (TPSA) is 74.2 Å². The molecule has 32 heavy (non-hydrogen) atoms. The summed E-state index contributed by atoms with van der Waals surface area (Å²) < 4.78 is 29.7. The Bertz CT molecular complexity index is 711. The van der Waals surface area contributed by atoms with Crippen molar-refractivity contribution in [3.63, 3.8) is 0 Å². The highest BCUT2D eigenvalue weighted by atomic mass is 32.2. The molecule has 2 atom stereocenters. The third-order valence-corrected chi connectivity index (χ3v) is 13.0. The minimum Gasteiger partial charge on any atom is -0.591 e. The number of hydrogen-bond donors (Lipinski definition) is 0.